The van der Waals surface area contributed by atoms with E-state index in [2.05, 4.69) is 9.98 Å². The van der Waals surface area contributed by atoms with Crippen LogP contribution in [0, 0.1) is 11.3 Å². The van der Waals surface area contributed by atoms with E-state index < -0.39 is 30.8 Å². The highest BCUT2D eigenvalue weighted by atomic mass is 19.3. The van der Waals surface area contributed by atoms with Crippen molar-refractivity contribution in [3.8, 4) is 6.07 Å². The van der Waals surface area contributed by atoms with Crippen molar-refractivity contribution >= 4 is 35.7 Å². The van der Waals surface area contributed by atoms with Gasteiger partial charge in [0.05, 0.1) is 18.3 Å². The second kappa shape index (κ2) is 8.79. The number of rotatable bonds is 6. The minimum atomic E-state index is -3.08. The first-order chi connectivity index (χ1) is 15.4. The van der Waals surface area contributed by atoms with Crippen molar-refractivity contribution in [1.82, 2.24) is 9.88 Å². The van der Waals surface area contributed by atoms with Crippen molar-refractivity contribution in [2.75, 3.05) is 6.54 Å². The molecule has 0 radical (unpaired) electrons. The smallest absolute Gasteiger partial charge is 0.268 e. The molecular formula is C24H20F2N4O2. The number of likely N-dealkylation sites (tertiary alicyclic amines) is 1. The number of benzene rings is 1. The van der Waals surface area contributed by atoms with Crippen molar-refractivity contribution in [3.63, 3.8) is 0 Å². The van der Waals surface area contributed by atoms with E-state index in [4.69, 9.17) is 5.26 Å². The Bertz CT molecular complexity index is 1170. The molecule has 6 nitrogen and oxygen atoms in total. The molecule has 0 bridgehead atoms. The van der Waals surface area contributed by atoms with Crippen LogP contribution in [0.1, 0.15) is 46.3 Å². The molecule has 2 aliphatic rings. The van der Waals surface area contributed by atoms with Gasteiger partial charge in [-0.15, -0.1) is 0 Å². The number of hydrogen-bond acceptors (Lipinski definition) is 5. The van der Waals surface area contributed by atoms with Crippen molar-refractivity contribution in [3.05, 3.63) is 58.9 Å². The first kappa shape index (κ1) is 21.5. The fourth-order valence-electron chi connectivity index (χ4n) is 3.89. The van der Waals surface area contributed by atoms with Gasteiger partial charge in [0.25, 0.3) is 5.92 Å². The number of nitriles is 1. The fourth-order valence-corrected chi connectivity index (χ4v) is 3.89. The number of carbonyl (C=O) groups excluding carboxylic acids is 2. The minimum Gasteiger partial charge on any atom is -0.320 e. The van der Waals surface area contributed by atoms with Gasteiger partial charge in [-0.2, -0.15) is 5.26 Å². The molecule has 0 unspecified atom stereocenters. The average Bonchev–Trinajstić information content (AvgIpc) is 3.38. The molecule has 1 saturated heterocycles. The van der Waals surface area contributed by atoms with Crippen LogP contribution in [0.4, 0.5) is 14.5 Å². The first-order valence-corrected chi connectivity index (χ1v) is 10.2. The summed E-state index contributed by atoms with van der Waals surface area (Å²) in [5.41, 5.74) is 4.01. The van der Waals surface area contributed by atoms with Crippen molar-refractivity contribution < 1.29 is 18.4 Å². The van der Waals surface area contributed by atoms with Gasteiger partial charge in [-0.25, -0.2) is 8.78 Å². The molecule has 1 atom stereocenters. The zero-order valence-electron chi connectivity index (χ0n) is 17.2. The number of aromatic nitrogens is 1. The maximum Gasteiger partial charge on any atom is 0.268 e. The van der Waals surface area contributed by atoms with Crippen molar-refractivity contribution in [2.24, 2.45) is 4.99 Å². The topological polar surface area (TPSA) is 86.4 Å². The molecule has 2 aromatic rings. The molecule has 1 aromatic heterocycles. The van der Waals surface area contributed by atoms with E-state index in [1.165, 1.54) is 11.8 Å². The molecule has 0 saturated carbocycles. The zero-order chi connectivity index (χ0) is 22.7. The highest BCUT2D eigenvalue weighted by Crippen LogP contribution is 2.32. The molecule has 8 heteroatoms. The van der Waals surface area contributed by atoms with Gasteiger partial charge in [0.1, 0.15) is 6.04 Å². The van der Waals surface area contributed by atoms with E-state index in [9.17, 15) is 18.4 Å². The molecular weight excluding hydrogens is 414 g/mol. The number of aliphatic imine (C=N–C) groups is 1. The quantitative estimate of drug-likeness (QED) is 0.637. The number of nitrogens with zero attached hydrogens (tertiary/aromatic N) is 4. The summed E-state index contributed by atoms with van der Waals surface area (Å²) in [6.45, 7) is -0.785. The van der Waals surface area contributed by atoms with E-state index in [0.29, 0.717) is 11.1 Å². The highest BCUT2D eigenvalue weighted by Gasteiger charge is 2.47. The van der Waals surface area contributed by atoms with Crippen LogP contribution >= 0.6 is 0 Å². The number of pyridine rings is 1. The summed E-state index contributed by atoms with van der Waals surface area (Å²) in [6, 6.07) is 8.09. The van der Waals surface area contributed by atoms with Gasteiger partial charge in [0.15, 0.2) is 5.78 Å². The summed E-state index contributed by atoms with van der Waals surface area (Å²) in [4.78, 5) is 34.4. The molecule has 1 amide bonds. The van der Waals surface area contributed by atoms with Crippen LogP contribution in [0.25, 0.3) is 12.2 Å². The van der Waals surface area contributed by atoms with Crippen LogP contribution in [0.5, 0.6) is 0 Å². The van der Waals surface area contributed by atoms with E-state index in [1.807, 2.05) is 30.5 Å². The standard InChI is InChI=1S/C24H20F2N4O2/c25-24(26)12-19(13-27)30(15-24)23(32)6-5-22(31)20-8-9-28-14-18(20)4-2-16-1-3-17-7-10-29-21(17)11-16/h1-4,8-11,14,19H,5-7,12,15H2/b4-2+/t19-/m0/s1. The number of carbonyl (C=O) groups is 2. The van der Waals surface area contributed by atoms with Crippen LogP contribution in [-0.4, -0.2) is 46.3 Å². The molecule has 0 aliphatic carbocycles. The summed E-state index contributed by atoms with van der Waals surface area (Å²) in [5, 5.41) is 9.05. The molecule has 1 fully saturated rings. The summed E-state index contributed by atoms with van der Waals surface area (Å²) in [7, 11) is 0. The third kappa shape index (κ3) is 4.62. The minimum absolute atomic E-state index is 0.141. The number of fused-ring (bicyclic) bond motifs is 1. The van der Waals surface area contributed by atoms with Gasteiger partial charge in [-0.3, -0.25) is 19.6 Å². The van der Waals surface area contributed by atoms with E-state index in [1.54, 1.807) is 24.4 Å². The third-order valence-corrected chi connectivity index (χ3v) is 5.56. The number of amides is 1. The maximum atomic E-state index is 13.6. The van der Waals surface area contributed by atoms with Crippen LogP contribution in [-0.2, 0) is 11.2 Å². The Balaban J connectivity index is 1.43. The highest BCUT2D eigenvalue weighted by molar-refractivity contribution is 6.01. The third-order valence-electron chi connectivity index (χ3n) is 5.56. The molecule has 1 aromatic carbocycles. The van der Waals surface area contributed by atoms with E-state index in [-0.39, 0.29) is 18.6 Å². The summed E-state index contributed by atoms with van der Waals surface area (Å²) >= 11 is 0. The Hall–Kier alpha value is -3.73. The second-order valence-electron chi connectivity index (χ2n) is 7.85. The fraction of sp³-hybridized carbons (Fsp3) is 0.292. The monoisotopic (exact) mass is 434 g/mol. The van der Waals surface area contributed by atoms with E-state index in [0.717, 1.165) is 22.6 Å². The van der Waals surface area contributed by atoms with Crippen LogP contribution < -0.4 is 0 Å². The second-order valence-corrected chi connectivity index (χ2v) is 7.85. The Morgan fingerprint density at radius 2 is 2.09 bits per heavy atom. The summed E-state index contributed by atoms with van der Waals surface area (Å²) < 4.78 is 27.1. The lowest BCUT2D eigenvalue weighted by molar-refractivity contribution is -0.132. The Morgan fingerprint density at radius 1 is 1.25 bits per heavy atom. The maximum absolute atomic E-state index is 13.6. The number of halogens is 2. The van der Waals surface area contributed by atoms with Gasteiger partial charge in [0.2, 0.25) is 5.91 Å². The zero-order valence-corrected chi connectivity index (χ0v) is 17.2. The Kier molecular flexibility index (Phi) is 5.91. The molecule has 32 heavy (non-hydrogen) atoms. The molecule has 3 heterocycles. The Labute approximate surface area is 183 Å². The lowest BCUT2D eigenvalue weighted by Gasteiger charge is -2.18. The normalized spacial score (nSPS) is 18.7. The summed E-state index contributed by atoms with van der Waals surface area (Å²) in [6.07, 6.45) is 8.32. The van der Waals surface area contributed by atoms with Gasteiger partial charge in [-0.1, -0.05) is 24.3 Å². The number of alkyl halides is 2. The first-order valence-electron chi connectivity index (χ1n) is 10.2. The summed E-state index contributed by atoms with van der Waals surface area (Å²) in [5.74, 6) is -3.99. The molecule has 162 valence electrons. The van der Waals surface area contributed by atoms with Gasteiger partial charge in [-0.05, 0) is 23.3 Å². The van der Waals surface area contributed by atoms with Crippen LogP contribution in [0.15, 0.2) is 41.7 Å². The van der Waals surface area contributed by atoms with Gasteiger partial charge in [0, 0.05) is 55.4 Å². The average molecular weight is 434 g/mol. The number of Topliss-reactive ketones (excluding diaryl/α,β-unsaturated/α-hetero) is 1. The van der Waals surface area contributed by atoms with E-state index >= 15 is 0 Å². The van der Waals surface area contributed by atoms with Gasteiger partial charge >= 0.3 is 0 Å². The molecule has 0 spiro atoms. The Morgan fingerprint density at radius 3 is 2.91 bits per heavy atom. The predicted octanol–water partition coefficient (Wildman–Crippen LogP) is 4.23. The van der Waals surface area contributed by atoms with Crippen LogP contribution in [0.2, 0.25) is 0 Å². The van der Waals surface area contributed by atoms with Crippen molar-refractivity contribution in [1.29, 1.82) is 5.26 Å². The van der Waals surface area contributed by atoms with Crippen LogP contribution in [0.3, 0.4) is 0 Å². The molecule has 0 N–H and O–H groups in total. The number of ketones is 1. The SMILES string of the molecule is N#C[C@@H]1CC(F)(F)CN1C(=O)CCC(=O)c1ccncc1/C=C/c1ccc2c(c1)N=CC2. The number of hydrogen-bond donors (Lipinski definition) is 0. The lowest BCUT2D eigenvalue weighted by Crippen LogP contribution is -2.36. The molecule has 2 aliphatic heterocycles. The van der Waals surface area contributed by atoms with Crippen molar-refractivity contribution in [2.45, 2.75) is 37.6 Å². The lowest BCUT2D eigenvalue weighted by atomic mass is 10.0. The predicted molar refractivity (Wildman–Crippen MR) is 116 cm³/mol. The van der Waals surface area contributed by atoms with Gasteiger partial charge < -0.3 is 4.90 Å². The molecule has 4 rings (SSSR count). The largest absolute Gasteiger partial charge is 0.320 e.